The number of carboxylic acids is 1. The maximum absolute atomic E-state index is 14.3. The summed E-state index contributed by atoms with van der Waals surface area (Å²) >= 11 is 0. The van der Waals surface area contributed by atoms with Gasteiger partial charge >= 0.3 is 5.97 Å². The third-order valence-electron chi connectivity index (χ3n) is 4.17. The predicted octanol–water partition coefficient (Wildman–Crippen LogP) is 4.10. The zero-order valence-electron chi connectivity index (χ0n) is 14.0. The number of amidine groups is 1. The molecule has 0 spiro atoms. The molecule has 0 amide bonds. The van der Waals surface area contributed by atoms with E-state index in [1.54, 1.807) is 10.5 Å². The Morgan fingerprint density at radius 1 is 1.22 bits per heavy atom. The maximum atomic E-state index is 14.3. The lowest BCUT2D eigenvalue weighted by Gasteiger charge is -2.13. The fourth-order valence-electron chi connectivity index (χ4n) is 2.94. The van der Waals surface area contributed by atoms with Gasteiger partial charge in [0, 0.05) is 20.0 Å². The highest BCUT2D eigenvalue weighted by atomic mass is 31.1. The summed E-state index contributed by atoms with van der Waals surface area (Å²) in [6.45, 7) is 1.91. The van der Waals surface area contributed by atoms with Crippen LogP contribution in [0.3, 0.4) is 0 Å². The zero-order chi connectivity index (χ0) is 19.1. The molecule has 1 aromatic heterocycles. The molecule has 0 bridgehead atoms. The van der Waals surface area contributed by atoms with Gasteiger partial charge in [-0.1, -0.05) is 6.07 Å². The highest BCUT2D eigenvalue weighted by Gasteiger charge is 2.25. The van der Waals surface area contributed by atoms with Crippen molar-refractivity contribution < 1.29 is 18.7 Å². The number of aromatic carboxylic acids is 1. The number of hydrogen-bond donors (Lipinski definition) is 2. The number of aliphatic imine (C=N–C) groups is 1. The second-order valence-corrected chi connectivity index (χ2v) is 6.63. The summed E-state index contributed by atoms with van der Waals surface area (Å²) in [4.78, 5) is 15.8. The van der Waals surface area contributed by atoms with Crippen molar-refractivity contribution in [3.8, 4) is 11.3 Å². The number of halogens is 2. The van der Waals surface area contributed by atoms with Gasteiger partial charge < -0.3 is 10.4 Å². The van der Waals surface area contributed by atoms with Crippen LogP contribution in [0.25, 0.3) is 11.3 Å². The number of aromatic nitrogens is 2. The molecule has 6 nitrogen and oxygen atoms in total. The van der Waals surface area contributed by atoms with Crippen LogP contribution in [0.15, 0.2) is 47.6 Å². The molecule has 27 heavy (non-hydrogen) atoms. The Bertz CT molecular complexity index is 1090. The van der Waals surface area contributed by atoms with E-state index in [1.807, 2.05) is 6.66 Å². The van der Waals surface area contributed by atoms with Crippen molar-refractivity contribution in [1.82, 2.24) is 9.55 Å². The summed E-state index contributed by atoms with van der Waals surface area (Å²) in [5.41, 5.74) is 1.83. The molecule has 0 saturated heterocycles. The van der Waals surface area contributed by atoms with Gasteiger partial charge in [0.2, 0.25) is 0 Å². The molecule has 0 saturated carbocycles. The molecule has 2 aromatic carbocycles. The minimum Gasteiger partial charge on any atom is -0.478 e. The average molecular weight is 386 g/mol. The first-order chi connectivity index (χ1) is 13.0. The first-order valence-electron chi connectivity index (χ1n) is 7.93. The fraction of sp³-hybridized carbons (Fsp3) is 0.0556. The van der Waals surface area contributed by atoms with Crippen molar-refractivity contribution in [2.75, 3.05) is 12.0 Å². The van der Waals surface area contributed by atoms with Crippen LogP contribution in [0.2, 0.25) is 0 Å². The highest BCUT2D eigenvalue weighted by Crippen LogP contribution is 2.41. The average Bonchev–Trinajstić information content (AvgIpc) is 2.96. The largest absolute Gasteiger partial charge is 0.478 e. The molecular formula is C18H13F2N4O2P. The van der Waals surface area contributed by atoms with Crippen LogP contribution in [-0.2, 0) is 0 Å². The second kappa shape index (κ2) is 6.55. The molecular weight excluding hydrogens is 373 g/mol. The number of anilines is 1. The molecule has 136 valence electrons. The van der Waals surface area contributed by atoms with Crippen molar-refractivity contribution in [2.24, 2.45) is 4.99 Å². The SMILES string of the molecule is CPn1ncc2c1-c1cc(C(=O)O)ccc1NC(c1c(F)cccc1F)=N2. The summed E-state index contributed by atoms with van der Waals surface area (Å²) in [5, 5.41) is 16.5. The normalized spacial score (nSPS) is 12.9. The number of hydrogen-bond acceptors (Lipinski definition) is 4. The van der Waals surface area contributed by atoms with E-state index in [2.05, 4.69) is 15.4 Å². The predicted molar refractivity (Wildman–Crippen MR) is 100 cm³/mol. The zero-order valence-corrected chi connectivity index (χ0v) is 15.0. The van der Waals surface area contributed by atoms with E-state index in [0.29, 0.717) is 22.6 Å². The highest BCUT2D eigenvalue weighted by molar-refractivity contribution is 7.35. The first kappa shape index (κ1) is 17.3. The molecule has 2 N–H and O–H groups in total. The molecule has 4 rings (SSSR count). The van der Waals surface area contributed by atoms with Gasteiger partial charge in [-0.25, -0.2) is 23.0 Å². The van der Waals surface area contributed by atoms with Crippen LogP contribution in [0.5, 0.6) is 0 Å². The number of nitrogens with zero attached hydrogens (tertiary/aromatic N) is 3. The van der Waals surface area contributed by atoms with Crippen molar-refractivity contribution in [1.29, 1.82) is 0 Å². The van der Waals surface area contributed by atoms with Gasteiger partial charge in [-0.15, -0.1) is 0 Å². The third kappa shape index (κ3) is 2.88. The topological polar surface area (TPSA) is 79.5 Å². The van der Waals surface area contributed by atoms with Crippen LogP contribution in [0.1, 0.15) is 15.9 Å². The number of carbonyl (C=O) groups is 1. The Labute approximate surface area is 154 Å². The Balaban J connectivity index is 1.99. The summed E-state index contributed by atoms with van der Waals surface area (Å²) in [5.74, 6) is -2.58. The van der Waals surface area contributed by atoms with Gasteiger partial charge in [0.1, 0.15) is 23.2 Å². The van der Waals surface area contributed by atoms with Gasteiger partial charge in [-0.3, -0.25) is 0 Å². The standard InChI is InChI=1S/C18H13F2N4O2P/c1-27-24-16-10-7-9(18(25)26)5-6-13(10)22-17(23-14(16)8-21-24)15-11(19)3-2-4-12(15)20/h2-8,27H,1H3,(H,22,23)(H,25,26). The molecule has 1 atom stereocenters. The maximum Gasteiger partial charge on any atom is 0.335 e. The Hall–Kier alpha value is -3.12. The van der Waals surface area contributed by atoms with Crippen LogP contribution < -0.4 is 5.32 Å². The number of benzene rings is 2. The van der Waals surface area contributed by atoms with E-state index in [1.165, 1.54) is 24.4 Å². The molecule has 2 heterocycles. The van der Waals surface area contributed by atoms with Gasteiger partial charge in [-0.05, 0) is 37.0 Å². The fourth-order valence-corrected chi connectivity index (χ4v) is 3.58. The molecule has 1 aliphatic rings. The molecule has 0 radical (unpaired) electrons. The molecule has 3 aromatic rings. The summed E-state index contributed by atoms with van der Waals surface area (Å²) in [6, 6.07) is 8.05. The van der Waals surface area contributed by atoms with Crippen molar-refractivity contribution in [2.45, 2.75) is 0 Å². The minimum absolute atomic E-state index is 0.00680. The molecule has 9 heteroatoms. The first-order valence-corrected chi connectivity index (χ1v) is 9.38. The van der Waals surface area contributed by atoms with Crippen molar-refractivity contribution in [3.63, 3.8) is 0 Å². The van der Waals surface area contributed by atoms with E-state index in [9.17, 15) is 18.7 Å². The number of rotatable bonds is 3. The van der Waals surface area contributed by atoms with E-state index in [-0.39, 0.29) is 25.7 Å². The molecule has 1 unspecified atom stereocenters. The Morgan fingerprint density at radius 2 is 1.96 bits per heavy atom. The number of nitrogens with one attached hydrogen (secondary N) is 1. The molecule has 1 aliphatic heterocycles. The Morgan fingerprint density at radius 3 is 2.63 bits per heavy atom. The summed E-state index contributed by atoms with van der Waals surface area (Å²) in [6.07, 6.45) is 1.49. The minimum atomic E-state index is -1.07. The van der Waals surface area contributed by atoms with Crippen LogP contribution >= 0.6 is 8.73 Å². The lowest BCUT2D eigenvalue weighted by Crippen LogP contribution is -2.17. The van der Waals surface area contributed by atoms with Crippen LogP contribution in [0.4, 0.5) is 20.2 Å². The second-order valence-electron chi connectivity index (χ2n) is 5.76. The van der Waals surface area contributed by atoms with Crippen molar-refractivity contribution >= 4 is 31.9 Å². The number of fused-ring (bicyclic) bond motifs is 3. The molecule has 0 aliphatic carbocycles. The van der Waals surface area contributed by atoms with Gasteiger partial charge in [0.05, 0.1) is 23.0 Å². The molecule has 0 fully saturated rings. The van der Waals surface area contributed by atoms with E-state index >= 15 is 0 Å². The monoisotopic (exact) mass is 386 g/mol. The quantitative estimate of drug-likeness (QED) is 0.665. The van der Waals surface area contributed by atoms with E-state index in [0.717, 1.165) is 12.1 Å². The van der Waals surface area contributed by atoms with Gasteiger partial charge in [0.15, 0.2) is 0 Å². The number of carboxylic acid groups (broad SMARTS) is 1. The van der Waals surface area contributed by atoms with Gasteiger partial charge in [0.25, 0.3) is 0 Å². The third-order valence-corrected chi connectivity index (χ3v) is 4.93. The summed E-state index contributed by atoms with van der Waals surface area (Å²) < 4.78 is 30.3. The van der Waals surface area contributed by atoms with E-state index < -0.39 is 17.6 Å². The van der Waals surface area contributed by atoms with Gasteiger partial charge in [-0.2, -0.15) is 5.10 Å². The van der Waals surface area contributed by atoms with Crippen molar-refractivity contribution in [3.05, 3.63) is 65.4 Å². The lowest BCUT2D eigenvalue weighted by molar-refractivity contribution is 0.0697. The lowest BCUT2D eigenvalue weighted by atomic mass is 10.0. The van der Waals surface area contributed by atoms with E-state index in [4.69, 9.17) is 0 Å². The summed E-state index contributed by atoms with van der Waals surface area (Å²) in [7, 11) is 0.261. The van der Waals surface area contributed by atoms with Crippen LogP contribution in [0, 0.1) is 11.6 Å². The smallest absolute Gasteiger partial charge is 0.335 e. The Kier molecular flexibility index (Phi) is 4.20. The van der Waals surface area contributed by atoms with Crippen LogP contribution in [-0.4, -0.2) is 33.1 Å².